The first-order chi connectivity index (χ1) is 11.9. The van der Waals surface area contributed by atoms with E-state index in [4.69, 9.17) is 4.74 Å². The molecule has 0 spiro atoms. The van der Waals surface area contributed by atoms with Gasteiger partial charge in [0.2, 0.25) is 0 Å². The van der Waals surface area contributed by atoms with Gasteiger partial charge in [-0.25, -0.2) is 4.98 Å². The van der Waals surface area contributed by atoms with Gasteiger partial charge in [-0.3, -0.25) is 4.99 Å². The van der Waals surface area contributed by atoms with Gasteiger partial charge >= 0.3 is 6.18 Å². The summed E-state index contributed by atoms with van der Waals surface area (Å²) in [6.45, 7) is 3.14. The normalized spacial score (nSPS) is 12.1. The van der Waals surface area contributed by atoms with Gasteiger partial charge in [-0.1, -0.05) is 6.07 Å². The molecular weight excluding hydrogens is 353 g/mol. The molecule has 2 N–H and O–H groups in total. The number of aryl methyl sites for hydroxylation is 1. The summed E-state index contributed by atoms with van der Waals surface area (Å²) in [5.41, 5.74) is -0.728. The van der Waals surface area contributed by atoms with Crippen molar-refractivity contribution >= 4 is 17.3 Å². The summed E-state index contributed by atoms with van der Waals surface area (Å²) in [5, 5.41) is 7.08. The molecule has 0 saturated heterocycles. The summed E-state index contributed by atoms with van der Waals surface area (Å²) in [5.74, 6) is 0.748. The van der Waals surface area contributed by atoms with E-state index in [1.54, 1.807) is 24.6 Å². The molecule has 2 rings (SSSR count). The molecule has 0 fully saturated rings. The standard InChI is InChI=1S/C16H19F3N4OS/c1-11-9-22-14(25-11)10-23-15(20-2)21-6-7-24-13-5-3-4-12(8-13)16(17,18)19/h3-5,8-9H,6-7,10H2,1-2H3,(H2,20,21,23). The van der Waals surface area contributed by atoms with Gasteiger partial charge in [0.15, 0.2) is 5.96 Å². The molecule has 0 saturated carbocycles. The molecule has 0 atom stereocenters. The molecule has 0 amide bonds. The van der Waals surface area contributed by atoms with E-state index >= 15 is 0 Å². The summed E-state index contributed by atoms with van der Waals surface area (Å²) >= 11 is 1.60. The number of nitrogens with one attached hydrogen (secondary N) is 2. The van der Waals surface area contributed by atoms with E-state index in [0.29, 0.717) is 19.0 Å². The van der Waals surface area contributed by atoms with Crippen molar-refractivity contribution in [3.05, 3.63) is 45.9 Å². The lowest BCUT2D eigenvalue weighted by Gasteiger charge is -2.13. The Hall–Kier alpha value is -2.29. The average molecular weight is 372 g/mol. The second-order valence-electron chi connectivity index (χ2n) is 5.09. The Kier molecular flexibility index (Phi) is 6.63. The lowest BCUT2D eigenvalue weighted by molar-refractivity contribution is -0.137. The second kappa shape index (κ2) is 8.70. The van der Waals surface area contributed by atoms with Crippen molar-refractivity contribution in [2.75, 3.05) is 20.2 Å². The highest BCUT2D eigenvalue weighted by molar-refractivity contribution is 7.11. The molecule has 25 heavy (non-hydrogen) atoms. The number of guanidine groups is 1. The summed E-state index contributed by atoms with van der Waals surface area (Å²) in [6, 6.07) is 4.81. The van der Waals surface area contributed by atoms with Crippen LogP contribution in [0.1, 0.15) is 15.4 Å². The fourth-order valence-electron chi connectivity index (χ4n) is 1.96. The minimum atomic E-state index is -4.38. The first-order valence-electron chi connectivity index (χ1n) is 7.54. The lowest BCUT2D eigenvalue weighted by Crippen LogP contribution is -2.38. The van der Waals surface area contributed by atoms with Crippen LogP contribution in [0.2, 0.25) is 0 Å². The molecule has 0 aliphatic rings. The Labute approximate surface area is 148 Å². The van der Waals surface area contributed by atoms with E-state index in [1.807, 2.05) is 6.92 Å². The van der Waals surface area contributed by atoms with E-state index in [1.165, 1.54) is 12.1 Å². The Morgan fingerprint density at radius 1 is 1.32 bits per heavy atom. The molecule has 0 aliphatic heterocycles. The van der Waals surface area contributed by atoms with E-state index in [9.17, 15) is 13.2 Å². The van der Waals surface area contributed by atoms with Crippen molar-refractivity contribution in [1.82, 2.24) is 15.6 Å². The molecular formula is C16H19F3N4OS. The van der Waals surface area contributed by atoms with E-state index in [2.05, 4.69) is 20.6 Å². The average Bonchev–Trinajstić information content (AvgIpc) is 2.99. The van der Waals surface area contributed by atoms with Crippen molar-refractivity contribution in [3.8, 4) is 5.75 Å². The highest BCUT2D eigenvalue weighted by Gasteiger charge is 2.30. The fourth-order valence-corrected chi connectivity index (χ4v) is 2.69. The SMILES string of the molecule is CN=C(NCCOc1cccc(C(F)(F)F)c1)NCc1ncc(C)s1. The molecule has 1 heterocycles. The number of halogens is 3. The van der Waals surface area contributed by atoms with Gasteiger partial charge in [-0.05, 0) is 25.1 Å². The quantitative estimate of drug-likeness (QED) is 0.464. The maximum absolute atomic E-state index is 12.6. The van der Waals surface area contributed by atoms with Crippen LogP contribution in [-0.2, 0) is 12.7 Å². The number of nitrogens with zero attached hydrogens (tertiary/aromatic N) is 2. The van der Waals surface area contributed by atoms with E-state index < -0.39 is 11.7 Å². The number of aliphatic imine (C=N–C) groups is 1. The molecule has 0 bridgehead atoms. The van der Waals surface area contributed by atoms with Crippen molar-refractivity contribution in [3.63, 3.8) is 0 Å². The molecule has 1 aromatic heterocycles. The van der Waals surface area contributed by atoms with Crippen LogP contribution in [-0.4, -0.2) is 31.1 Å². The summed E-state index contributed by atoms with van der Waals surface area (Å²) in [7, 11) is 1.64. The van der Waals surface area contributed by atoms with E-state index in [-0.39, 0.29) is 12.4 Å². The summed E-state index contributed by atoms with van der Waals surface area (Å²) < 4.78 is 43.3. The maximum Gasteiger partial charge on any atom is 0.416 e. The maximum atomic E-state index is 12.6. The Morgan fingerprint density at radius 2 is 2.12 bits per heavy atom. The number of aromatic nitrogens is 1. The topological polar surface area (TPSA) is 58.5 Å². The third-order valence-electron chi connectivity index (χ3n) is 3.12. The third-order valence-corrected chi connectivity index (χ3v) is 4.04. The van der Waals surface area contributed by atoms with Crippen LogP contribution in [0.3, 0.4) is 0 Å². The number of benzene rings is 1. The molecule has 2 aromatic rings. The van der Waals surface area contributed by atoms with Crippen LogP contribution >= 0.6 is 11.3 Å². The van der Waals surface area contributed by atoms with Crippen LogP contribution in [0, 0.1) is 6.92 Å². The molecule has 1 aromatic carbocycles. The zero-order chi connectivity index (χ0) is 18.3. The molecule has 0 aliphatic carbocycles. The first-order valence-corrected chi connectivity index (χ1v) is 8.36. The van der Waals surface area contributed by atoms with Gasteiger partial charge in [0.1, 0.15) is 17.4 Å². The van der Waals surface area contributed by atoms with Crippen LogP contribution in [0.5, 0.6) is 5.75 Å². The zero-order valence-corrected chi connectivity index (χ0v) is 14.7. The zero-order valence-electron chi connectivity index (χ0n) is 13.9. The summed E-state index contributed by atoms with van der Waals surface area (Å²) in [6.07, 6.45) is -2.57. The predicted octanol–water partition coefficient (Wildman–Crippen LogP) is 3.21. The van der Waals surface area contributed by atoms with Gasteiger partial charge in [0, 0.05) is 18.1 Å². The van der Waals surface area contributed by atoms with E-state index in [0.717, 1.165) is 22.0 Å². The molecule has 136 valence electrons. The van der Waals surface area contributed by atoms with Crippen LogP contribution in [0.4, 0.5) is 13.2 Å². The van der Waals surface area contributed by atoms with Crippen LogP contribution in [0.25, 0.3) is 0 Å². The van der Waals surface area contributed by atoms with Crippen molar-refractivity contribution in [2.45, 2.75) is 19.6 Å². The number of ether oxygens (including phenoxy) is 1. The van der Waals surface area contributed by atoms with Crippen LogP contribution < -0.4 is 15.4 Å². The number of alkyl halides is 3. The predicted molar refractivity (Wildman–Crippen MR) is 92.0 cm³/mol. The molecule has 0 radical (unpaired) electrons. The molecule has 0 unspecified atom stereocenters. The first kappa shape index (κ1) is 19.0. The van der Waals surface area contributed by atoms with Gasteiger partial charge in [0.25, 0.3) is 0 Å². The number of rotatable bonds is 6. The highest BCUT2D eigenvalue weighted by Crippen LogP contribution is 2.31. The van der Waals surface area contributed by atoms with Gasteiger partial charge in [-0.15, -0.1) is 11.3 Å². The monoisotopic (exact) mass is 372 g/mol. The van der Waals surface area contributed by atoms with Gasteiger partial charge in [0.05, 0.1) is 18.7 Å². The van der Waals surface area contributed by atoms with Crippen molar-refractivity contribution < 1.29 is 17.9 Å². The second-order valence-corrected chi connectivity index (χ2v) is 6.41. The molecule has 5 nitrogen and oxygen atoms in total. The minimum Gasteiger partial charge on any atom is -0.492 e. The fraction of sp³-hybridized carbons (Fsp3) is 0.375. The summed E-state index contributed by atoms with van der Waals surface area (Å²) in [4.78, 5) is 9.44. The Balaban J connectivity index is 1.74. The molecule has 9 heteroatoms. The van der Waals surface area contributed by atoms with Crippen molar-refractivity contribution in [1.29, 1.82) is 0 Å². The highest BCUT2D eigenvalue weighted by atomic mass is 32.1. The Bertz CT molecular complexity index is 715. The third kappa shape index (κ3) is 6.26. The largest absolute Gasteiger partial charge is 0.492 e. The number of thiazole rings is 1. The number of hydrogen-bond acceptors (Lipinski definition) is 4. The number of hydrogen-bond donors (Lipinski definition) is 2. The van der Waals surface area contributed by atoms with Gasteiger partial charge in [-0.2, -0.15) is 13.2 Å². The van der Waals surface area contributed by atoms with Crippen molar-refractivity contribution in [2.24, 2.45) is 4.99 Å². The minimum absolute atomic E-state index is 0.179. The lowest BCUT2D eigenvalue weighted by atomic mass is 10.2. The smallest absolute Gasteiger partial charge is 0.416 e. The van der Waals surface area contributed by atoms with Crippen LogP contribution in [0.15, 0.2) is 35.5 Å². The Morgan fingerprint density at radius 3 is 2.76 bits per heavy atom. The van der Waals surface area contributed by atoms with Gasteiger partial charge < -0.3 is 15.4 Å².